The zero-order chi connectivity index (χ0) is 16.1. The van der Waals surface area contributed by atoms with Gasteiger partial charge in [-0.3, -0.25) is 0 Å². The van der Waals surface area contributed by atoms with Crippen LogP contribution in [0.15, 0.2) is 18.2 Å². The fraction of sp³-hybridized carbons (Fsp3) is 0.667. The van der Waals surface area contributed by atoms with Gasteiger partial charge in [-0.1, -0.05) is 53.7 Å². The van der Waals surface area contributed by atoms with E-state index in [-0.39, 0.29) is 17.4 Å². The molecule has 1 aromatic carbocycles. The molecule has 3 heteroatoms. The minimum Gasteiger partial charge on any atom is -0.491 e. The lowest BCUT2D eigenvalue weighted by Gasteiger charge is -2.27. The fourth-order valence-corrected chi connectivity index (χ4v) is 2.09. The van der Waals surface area contributed by atoms with E-state index in [1.165, 1.54) is 11.1 Å². The normalized spacial score (nSPS) is 12.5. The van der Waals surface area contributed by atoms with Crippen molar-refractivity contribution in [2.75, 3.05) is 26.4 Å². The van der Waals surface area contributed by atoms with Crippen LogP contribution in [0.25, 0.3) is 0 Å². The summed E-state index contributed by atoms with van der Waals surface area (Å²) in [5.74, 6) is 0.920. The van der Waals surface area contributed by atoms with Crippen LogP contribution < -0.4 is 4.74 Å². The summed E-state index contributed by atoms with van der Waals surface area (Å²) >= 11 is 0. The summed E-state index contributed by atoms with van der Waals surface area (Å²) in [7, 11) is 0. The van der Waals surface area contributed by atoms with Gasteiger partial charge in [0.05, 0.1) is 19.8 Å². The third kappa shape index (κ3) is 5.68. The molecule has 0 spiro atoms. The molecule has 0 heterocycles. The lowest BCUT2D eigenvalue weighted by molar-refractivity contribution is 0.0701. The van der Waals surface area contributed by atoms with E-state index in [0.717, 1.165) is 5.75 Å². The maximum atomic E-state index is 8.67. The van der Waals surface area contributed by atoms with Gasteiger partial charge in [0.15, 0.2) is 0 Å². The summed E-state index contributed by atoms with van der Waals surface area (Å²) in [6, 6.07) is 6.45. The minimum atomic E-state index is 0.0303. The highest BCUT2D eigenvalue weighted by molar-refractivity contribution is 5.43. The molecule has 0 aliphatic heterocycles. The lowest BCUT2D eigenvalue weighted by atomic mass is 9.80. The van der Waals surface area contributed by atoms with Crippen LogP contribution in [-0.4, -0.2) is 31.5 Å². The van der Waals surface area contributed by atoms with Gasteiger partial charge in [0, 0.05) is 0 Å². The number of rotatable bonds is 6. The van der Waals surface area contributed by atoms with E-state index >= 15 is 0 Å². The van der Waals surface area contributed by atoms with E-state index in [0.29, 0.717) is 19.8 Å². The van der Waals surface area contributed by atoms with Gasteiger partial charge in [-0.05, 0) is 28.0 Å². The van der Waals surface area contributed by atoms with Gasteiger partial charge < -0.3 is 14.6 Å². The maximum Gasteiger partial charge on any atom is 0.123 e. The van der Waals surface area contributed by atoms with Crippen molar-refractivity contribution in [3.63, 3.8) is 0 Å². The van der Waals surface area contributed by atoms with E-state index in [1.54, 1.807) is 0 Å². The number of hydrogen-bond acceptors (Lipinski definition) is 3. The standard InChI is InChI=1S/C18H30O3/c1-17(2,3)14-7-8-16(15(13-14)18(4,5)6)21-12-11-20-10-9-19/h7-8,13,19H,9-12H2,1-6H3. The van der Waals surface area contributed by atoms with E-state index in [1.807, 2.05) is 0 Å². The molecule has 0 bridgehead atoms. The van der Waals surface area contributed by atoms with Gasteiger partial charge in [0.2, 0.25) is 0 Å². The molecule has 21 heavy (non-hydrogen) atoms. The molecule has 1 rings (SSSR count). The summed E-state index contributed by atoms with van der Waals surface area (Å²) in [6.45, 7) is 14.7. The van der Waals surface area contributed by atoms with Crippen molar-refractivity contribution in [1.82, 2.24) is 0 Å². The average Bonchev–Trinajstić information content (AvgIpc) is 2.36. The van der Waals surface area contributed by atoms with E-state index in [9.17, 15) is 0 Å². The molecule has 1 aromatic rings. The maximum absolute atomic E-state index is 8.67. The Balaban J connectivity index is 2.88. The SMILES string of the molecule is CC(C)(C)c1ccc(OCCOCCO)c(C(C)(C)C)c1. The lowest BCUT2D eigenvalue weighted by Crippen LogP contribution is -2.18. The average molecular weight is 294 g/mol. The number of ether oxygens (including phenoxy) is 2. The summed E-state index contributed by atoms with van der Waals surface area (Å²) in [5.41, 5.74) is 2.69. The second kappa shape index (κ2) is 7.28. The van der Waals surface area contributed by atoms with Crippen molar-refractivity contribution in [2.45, 2.75) is 52.4 Å². The van der Waals surface area contributed by atoms with E-state index in [4.69, 9.17) is 14.6 Å². The number of aliphatic hydroxyl groups is 1. The molecule has 0 saturated heterocycles. The molecule has 1 N–H and O–H groups in total. The van der Waals surface area contributed by atoms with Gasteiger partial charge in [-0.2, -0.15) is 0 Å². The van der Waals surface area contributed by atoms with E-state index < -0.39 is 0 Å². The first kappa shape index (κ1) is 18.0. The van der Waals surface area contributed by atoms with Crippen LogP contribution in [0, 0.1) is 0 Å². The zero-order valence-electron chi connectivity index (χ0n) is 14.3. The molecular formula is C18H30O3. The summed E-state index contributed by atoms with van der Waals surface area (Å²) in [4.78, 5) is 0. The Morgan fingerprint density at radius 2 is 1.57 bits per heavy atom. The Kier molecular flexibility index (Phi) is 6.24. The van der Waals surface area contributed by atoms with Crippen LogP contribution in [-0.2, 0) is 15.6 Å². The molecular weight excluding hydrogens is 264 g/mol. The molecule has 120 valence electrons. The van der Waals surface area contributed by atoms with E-state index in [2.05, 4.69) is 59.7 Å². The third-order valence-electron chi connectivity index (χ3n) is 3.37. The minimum absolute atomic E-state index is 0.0303. The summed E-state index contributed by atoms with van der Waals surface area (Å²) < 4.78 is 11.1. The first-order chi connectivity index (χ1) is 9.66. The highest BCUT2D eigenvalue weighted by Gasteiger charge is 2.22. The molecule has 0 saturated carbocycles. The highest BCUT2D eigenvalue weighted by atomic mass is 16.5. The summed E-state index contributed by atoms with van der Waals surface area (Å²) in [6.07, 6.45) is 0. The molecule has 3 nitrogen and oxygen atoms in total. The molecule has 0 amide bonds. The monoisotopic (exact) mass is 294 g/mol. The van der Waals surface area contributed by atoms with Crippen LogP contribution in [0.3, 0.4) is 0 Å². The van der Waals surface area contributed by atoms with Crippen molar-refractivity contribution < 1.29 is 14.6 Å². The molecule has 0 aliphatic rings. The Bertz CT molecular complexity index is 439. The van der Waals surface area contributed by atoms with Gasteiger partial charge in [0.1, 0.15) is 12.4 Å². The Morgan fingerprint density at radius 3 is 2.10 bits per heavy atom. The third-order valence-corrected chi connectivity index (χ3v) is 3.37. The highest BCUT2D eigenvalue weighted by Crippen LogP contribution is 2.35. The van der Waals surface area contributed by atoms with Crippen LogP contribution in [0.5, 0.6) is 5.75 Å². The molecule has 0 radical (unpaired) electrons. The molecule has 0 unspecified atom stereocenters. The van der Waals surface area contributed by atoms with Gasteiger partial charge >= 0.3 is 0 Å². The van der Waals surface area contributed by atoms with Crippen molar-refractivity contribution in [3.8, 4) is 5.75 Å². The second-order valence-electron chi connectivity index (χ2n) is 7.40. The van der Waals surface area contributed by atoms with Gasteiger partial charge in [-0.25, -0.2) is 0 Å². The number of aliphatic hydroxyl groups excluding tert-OH is 1. The quantitative estimate of drug-likeness (QED) is 0.814. The molecule has 0 aromatic heterocycles. The van der Waals surface area contributed by atoms with Crippen LogP contribution in [0.4, 0.5) is 0 Å². The van der Waals surface area contributed by atoms with Crippen LogP contribution in [0.1, 0.15) is 52.7 Å². The Morgan fingerprint density at radius 1 is 0.905 bits per heavy atom. The molecule has 0 aliphatic carbocycles. The van der Waals surface area contributed by atoms with Crippen LogP contribution >= 0.6 is 0 Å². The van der Waals surface area contributed by atoms with Gasteiger partial charge in [-0.15, -0.1) is 0 Å². The molecule has 0 fully saturated rings. The largest absolute Gasteiger partial charge is 0.491 e. The Labute approximate surface area is 129 Å². The predicted molar refractivity (Wildman–Crippen MR) is 87.2 cm³/mol. The van der Waals surface area contributed by atoms with Crippen LogP contribution in [0.2, 0.25) is 0 Å². The predicted octanol–water partition coefficient (Wildman–Crippen LogP) is 3.67. The first-order valence-corrected chi connectivity index (χ1v) is 7.62. The number of hydrogen-bond donors (Lipinski definition) is 1. The fourth-order valence-electron chi connectivity index (χ4n) is 2.09. The number of benzene rings is 1. The second-order valence-corrected chi connectivity index (χ2v) is 7.40. The van der Waals surface area contributed by atoms with Crippen molar-refractivity contribution in [2.24, 2.45) is 0 Å². The zero-order valence-corrected chi connectivity index (χ0v) is 14.3. The van der Waals surface area contributed by atoms with Crippen molar-refractivity contribution >= 4 is 0 Å². The smallest absolute Gasteiger partial charge is 0.123 e. The van der Waals surface area contributed by atoms with Gasteiger partial charge in [0.25, 0.3) is 0 Å². The van der Waals surface area contributed by atoms with Crippen molar-refractivity contribution in [1.29, 1.82) is 0 Å². The summed E-state index contributed by atoms with van der Waals surface area (Å²) in [5, 5.41) is 8.67. The topological polar surface area (TPSA) is 38.7 Å². The molecule has 0 atom stereocenters. The first-order valence-electron chi connectivity index (χ1n) is 7.62. The Hall–Kier alpha value is -1.06. The van der Waals surface area contributed by atoms with Crippen molar-refractivity contribution in [3.05, 3.63) is 29.3 Å².